The van der Waals surface area contributed by atoms with Gasteiger partial charge in [-0.25, -0.2) is 0 Å². The van der Waals surface area contributed by atoms with Crippen molar-refractivity contribution in [1.82, 2.24) is 5.32 Å². The van der Waals surface area contributed by atoms with Gasteiger partial charge in [0.05, 0.1) is 13.2 Å². The topological polar surface area (TPSA) is 45.0 Å². The van der Waals surface area contributed by atoms with Gasteiger partial charge in [-0.2, -0.15) is 5.26 Å². The summed E-state index contributed by atoms with van der Waals surface area (Å²) in [7, 11) is 1.63. The van der Waals surface area contributed by atoms with Gasteiger partial charge in [-0.05, 0) is 31.0 Å². The third-order valence-corrected chi connectivity index (χ3v) is 2.62. The van der Waals surface area contributed by atoms with Crippen LogP contribution < -0.4 is 10.1 Å². The lowest BCUT2D eigenvalue weighted by Crippen LogP contribution is -2.29. The van der Waals surface area contributed by atoms with Crippen LogP contribution in [0.15, 0.2) is 24.3 Å². The number of benzene rings is 1. The molecule has 3 heteroatoms. The molecule has 0 aliphatic rings. The zero-order chi connectivity index (χ0) is 12.0. The lowest BCUT2D eigenvalue weighted by atomic mass is 10.1. The monoisotopic (exact) mass is 218 g/mol. The highest BCUT2D eigenvalue weighted by molar-refractivity contribution is 5.33. The van der Waals surface area contributed by atoms with Crippen molar-refractivity contribution in [2.24, 2.45) is 0 Å². The molecule has 0 saturated heterocycles. The van der Waals surface area contributed by atoms with Gasteiger partial charge in [0.2, 0.25) is 0 Å². The molecule has 1 aromatic rings. The molecule has 3 nitrogen and oxygen atoms in total. The summed E-state index contributed by atoms with van der Waals surface area (Å²) in [5, 5.41) is 12.4. The van der Waals surface area contributed by atoms with Gasteiger partial charge < -0.3 is 4.74 Å². The van der Waals surface area contributed by atoms with Crippen molar-refractivity contribution in [2.45, 2.75) is 32.4 Å². The quantitative estimate of drug-likeness (QED) is 0.826. The number of methoxy groups -OCH3 is 1. The summed E-state index contributed by atoms with van der Waals surface area (Å²) in [5.41, 5.74) is 0.946. The summed E-state index contributed by atoms with van der Waals surface area (Å²) >= 11 is 0. The van der Waals surface area contributed by atoms with Crippen molar-refractivity contribution in [2.75, 3.05) is 7.11 Å². The van der Waals surface area contributed by atoms with E-state index in [2.05, 4.69) is 25.2 Å². The first-order valence-corrected chi connectivity index (χ1v) is 5.50. The predicted octanol–water partition coefficient (Wildman–Crippen LogP) is 2.65. The molecule has 16 heavy (non-hydrogen) atoms. The molecule has 1 aromatic carbocycles. The molecule has 0 aliphatic heterocycles. The first-order valence-electron chi connectivity index (χ1n) is 5.50. The smallest absolute Gasteiger partial charge is 0.121 e. The van der Waals surface area contributed by atoms with E-state index in [-0.39, 0.29) is 6.04 Å². The van der Waals surface area contributed by atoms with E-state index >= 15 is 0 Å². The van der Waals surface area contributed by atoms with Crippen molar-refractivity contribution < 1.29 is 4.74 Å². The maximum Gasteiger partial charge on any atom is 0.121 e. The lowest BCUT2D eigenvalue weighted by molar-refractivity contribution is 0.413. The zero-order valence-corrected chi connectivity index (χ0v) is 10.0. The van der Waals surface area contributed by atoms with E-state index in [0.717, 1.165) is 17.7 Å². The van der Waals surface area contributed by atoms with Crippen LogP contribution in [0.2, 0.25) is 0 Å². The first-order chi connectivity index (χ1) is 7.71. The van der Waals surface area contributed by atoms with Crippen molar-refractivity contribution in [3.05, 3.63) is 29.8 Å². The molecule has 0 fully saturated rings. The Hall–Kier alpha value is -1.53. The average Bonchev–Trinajstić information content (AvgIpc) is 2.35. The van der Waals surface area contributed by atoms with Gasteiger partial charge in [-0.15, -0.1) is 0 Å². The molecule has 0 aromatic heterocycles. The molecule has 0 saturated carbocycles. The molecule has 0 aliphatic carbocycles. The highest BCUT2D eigenvalue weighted by atomic mass is 16.5. The van der Waals surface area contributed by atoms with Gasteiger partial charge in [0.1, 0.15) is 11.8 Å². The van der Waals surface area contributed by atoms with Crippen LogP contribution in [0, 0.1) is 11.3 Å². The second-order valence-electron chi connectivity index (χ2n) is 3.81. The zero-order valence-electron chi connectivity index (χ0n) is 10.0. The Morgan fingerprint density at radius 3 is 2.81 bits per heavy atom. The number of hydrogen-bond donors (Lipinski definition) is 1. The fourth-order valence-corrected chi connectivity index (χ4v) is 1.43. The summed E-state index contributed by atoms with van der Waals surface area (Å²) < 4.78 is 5.14. The lowest BCUT2D eigenvalue weighted by Gasteiger charge is -2.17. The normalized spacial score (nSPS) is 13.9. The largest absolute Gasteiger partial charge is 0.497 e. The number of nitriles is 1. The van der Waals surface area contributed by atoms with Gasteiger partial charge in [0.25, 0.3) is 0 Å². The number of hydrogen-bond acceptors (Lipinski definition) is 3. The first kappa shape index (κ1) is 12.5. The van der Waals surface area contributed by atoms with Crippen LogP contribution in [-0.4, -0.2) is 13.2 Å². The molecular formula is C13H18N2O. The Morgan fingerprint density at radius 1 is 1.50 bits per heavy atom. The summed E-state index contributed by atoms with van der Waals surface area (Å²) in [6.07, 6.45) is 1.00. The van der Waals surface area contributed by atoms with Gasteiger partial charge >= 0.3 is 0 Å². The van der Waals surface area contributed by atoms with Gasteiger partial charge in [0, 0.05) is 6.04 Å². The van der Waals surface area contributed by atoms with Crippen LogP contribution >= 0.6 is 0 Å². The van der Waals surface area contributed by atoms with E-state index < -0.39 is 0 Å². The molecule has 0 spiro atoms. The Balaban J connectivity index is 2.83. The summed E-state index contributed by atoms with van der Waals surface area (Å²) in [5.74, 6) is 0.781. The summed E-state index contributed by atoms with van der Waals surface area (Å²) in [4.78, 5) is 0. The van der Waals surface area contributed by atoms with Crippen molar-refractivity contribution in [3.63, 3.8) is 0 Å². The van der Waals surface area contributed by atoms with E-state index in [9.17, 15) is 0 Å². The van der Waals surface area contributed by atoms with Crippen molar-refractivity contribution >= 4 is 0 Å². The van der Waals surface area contributed by atoms with E-state index in [1.807, 2.05) is 24.3 Å². The average molecular weight is 218 g/mol. The minimum atomic E-state index is -0.273. The fourth-order valence-electron chi connectivity index (χ4n) is 1.43. The molecule has 0 bridgehead atoms. The maximum atomic E-state index is 9.13. The van der Waals surface area contributed by atoms with Crippen LogP contribution in [0.1, 0.15) is 31.9 Å². The predicted molar refractivity (Wildman–Crippen MR) is 64.2 cm³/mol. The van der Waals surface area contributed by atoms with Crippen LogP contribution in [0.25, 0.3) is 0 Å². The van der Waals surface area contributed by atoms with Crippen LogP contribution in [-0.2, 0) is 0 Å². The Bertz CT molecular complexity index is 370. The Kier molecular flexibility index (Phi) is 4.81. The van der Waals surface area contributed by atoms with Gasteiger partial charge in [0.15, 0.2) is 0 Å². The summed E-state index contributed by atoms with van der Waals surface area (Å²) in [6.45, 7) is 4.17. The molecule has 2 atom stereocenters. The maximum absolute atomic E-state index is 9.13. The number of ether oxygens (including phenoxy) is 1. The SMILES string of the molecule is CCC(C)NC(C#N)c1cccc(OC)c1. The Labute approximate surface area is 97.0 Å². The van der Waals surface area contributed by atoms with E-state index in [4.69, 9.17) is 10.00 Å². The summed E-state index contributed by atoms with van der Waals surface area (Å²) in [6, 6.07) is 9.93. The van der Waals surface area contributed by atoms with E-state index in [0.29, 0.717) is 6.04 Å². The van der Waals surface area contributed by atoms with Gasteiger partial charge in [-0.3, -0.25) is 5.32 Å². The number of nitrogens with one attached hydrogen (secondary N) is 1. The van der Waals surface area contributed by atoms with Gasteiger partial charge in [-0.1, -0.05) is 19.1 Å². The van der Waals surface area contributed by atoms with Crippen molar-refractivity contribution in [3.8, 4) is 11.8 Å². The minimum Gasteiger partial charge on any atom is -0.497 e. The van der Waals surface area contributed by atoms with Crippen LogP contribution in [0.5, 0.6) is 5.75 Å². The van der Waals surface area contributed by atoms with E-state index in [1.165, 1.54) is 0 Å². The molecule has 0 heterocycles. The van der Waals surface area contributed by atoms with Crippen LogP contribution in [0.3, 0.4) is 0 Å². The second-order valence-corrected chi connectivity index (χ2v) is 3.81. The second kappa shape index (κ2) is 6.14. The minimum absolute atomic E-state index is 0.273. The molecule has 0 amide bonds. The van der Waals surface area contributed by atoms with E-state index in [1.54, 1.807) is 7.11 Å². The highest BCUT2D eigenvalue weighted by Crippen LogP contribution is 2.19. The highest BCUT2D eigenvalue weighted by Gasteiger charge is 2.12. The third-order valence-electron chi connectivity index (χ3n) is 2.62. The molecule has 86 valence electrons. The van der Waals surface area contributed by atoms with Crippen molar-refractivity contribution in [1.29, 1.82) is 5.26 Å². The van der Waals surface area contributed by atoms with Crippen LogP contribution in [0.4, 0.5) is 0 Å². The number of nitrogens with zero attached hydrogens (tertiary/aromatic N) is 1. The molecule has 1 rings (SSSR count). The third kappa shape index (κ3) is 3.25. The molecule has 0 radical (unpaired) electrons. The fraction of sp³-hybridized carbons (Fsp3) is 0.462. The molecule has 2 unspecified atom stereocenters. The molecule has 1 N–H and O–H groups in total. The Morgan fingerprint density at radius 2 is 2.25 bits per heavy atom. The number of rotatable bonds is 5. The molecular weight excluding hydrogens is 200 g/mol. The standard InChI is InChI=1S/C13H18N2O/c1-4-10(2)15-13(9-14)11-6-5-7-12(8-11)16-3/h5-8,10,13,15H,4H2,1-3H3.